The second-order valence-corrected chi connectivity index (χ2v) is 9.65. The first kappa shape index (κ1) is 25.8. The van der Waals surface area contributed by atoms with Crippen molar-refractivity contribution in [1.82, 2.24) is 5.32 Å². The van der Waals surface area contributed by atoms with E-state index in [4.69, 9.17) is 4.74 Å². The molecule has 0 aromatic heterocycles. The quantitative estimate of drug-likeness (QED) is 0.376. The van der Waals surface area contributed by atoms with E-state index in [1.807, 2.05) is 20.8 Å². The van der Waals surface area contributed by atoms with E-state index < -0.39 is 21.7 Å². The second-order valence-electron chi connectivity index (χ2n) is 7.70. The van der Waals surface area contributed by atoms with Crippen LogP contribution in [0.3, 0.4) is 0 Å². The van der Waals surface area contributed by atoms with E-state index in [9.17, 15) is 17.6 Å². The van der Waals surface area contributed by atoms with Gasteiger partial charge in [0.2, 0.25) is 9.84 Å². The highest BCUT2D eigenvalue weighted by Gasteiger charge is 2.20. The van der Waals surface area contributed by atoms with E-state index in [2.05, 4.69) is 22.3 Å². The number of urea groups is 1. The summed E-state index contributed by atoms with van der Waals surface area (Å²) in [4.78, 5) is 15.4. The molecule has 0 atom stereocenters. The zero-order valence-electron chi connectivity index (χ0n) is 18.8. The monoisotopic (exact) mass is 473 g/mol. The van der Waals surface area contributed by atoms with Crippen molar-refractivity contribution in [2.45, 2.75) is 30.6 Å². The molecule has 0 spiro atoms. The first-order valence-electron chi connectivity index (χ1n) is 10.2. The number of sulfone groups is 1. The molecule has 0 aliphatic heterocycles. The molecule has 176 valence electrons. The minimum absolute atomic E-state index is 0.0322. The van der Waals surface area contributed by atoms with Gasteiger partial charge in [0.1, 0.15) is 11.6 Å². The smallest absolute Gasteiger partial charge is 0.319 e. The summed E-state index contributed by atoms with van der Waals surface area (Å²) >= 11 is 0. The lowest BCUT2D eigenvalue weighted by Gasteiger charge is -2.12. The van der Waals surface area contributed by atoms with E-state index in [0.29, 0.717) is 18.8 Å². The standard InChI is InChI=1S/C24H28FN3O4S/c1-17(2)16-32-21-12-19(25)13-23(14-21)33(30,31)22-9-7-20(8-10-22)28-24(29)27-15-18(3)6-5-11-26-4/h5-14,17H,4,15-16H2,1-3H3,(H2,27,28,29)/b11-5-,18-6+. The number of hydrogen-bond donors (Lipinski definition) is 2. The molecule has 9 heteroatoms. The molecule has 7 nitrogen and oxygen atoms in total. The normalized spacial score (nSPS) is 12.1. The van der Waals surface area contributed by atoms with E-state index in [0.717, 1.165) is 17.7 Å². The number of amides is 2. The molecule has 0 unspecified atom stereocenters. The van der Waals surface area contributed by atoms with Crippen LogP contribution >= 0.6 is 0 Å². The van der Waals surface area contributed by atoms with Crippen LogP contribution in [0.2, 0.25) is 0 Å². The first-order chi connectivity index (χ1) is 15.6. The van der Waals surface area contributed by atoms with Crippen LogP contribution in [0, 0.1) is 11.7 Å². The third kappa shape index (κ3) is 8.19. The van der Waals surface area contributed by atoms with Gasteiger partial charge in [-0.3, -0.25) is 4.99 Å². The highest BCUT2D eigenvalue weighted by atomic mass is 32.2. The SMILES string of the molecule is C=N/C=C\C=C(/C)CNC(=O)Nc1ccc(S(=O)(=O)c2cc(F)cc(OCC(C)C)c2)cc1. The van der Waals surface area contributed by atoms with Crippen molar-refractivity contribution in [3.8, 4) is 5.75 Å². The Bertz CT molecular complexity index is 1140. The molecule has 0 radical (unpaired) electrons. The fourth-order valence-electron chi connectivity index (χ4n) is 2.61. The zero-order chi connectivity index (χ0) is 24.4. The molecular formula is C24H28FN3O4S. The molecule has 0 saturated carbocycles. The average Bonchev–Trinajstić information content (AvgIpc) is 2.76. The molecule has 0 aliphatic rings. The van der Waals surface area contributed by atoms with Crippen molar-refractivity contribution in [1.29, 1.82) is 0 Å². The third-order valence-corrected chi connectivity index (χ3v) is 6.01. The number of carbonyl (C=O) groups excluding carboxylic acids is 1. The fourth-order valence-corrected chi connectivity index (χ4v) is 3.92. The molecular weight excluding hydrogens is 445 g/mol. The maximum Gasteiger partial charge on any atom is 0.319 e. The molecule has 33 heavy (non-hydrogen) atoms. The molecule has 0 heterocycles. The van der Waals surface area contributed by atoms with Gasteiger partial charge in [0, 0.05) is 24.5 Å². The van der Waals surface area contributed by atoms with Crippen molar-refractivity contribution in [2.75, 3.05) is 18.5 Å². The number of halogens is 1. The molecule has 2 N–H and O–H groups in total. The van der Waals surface area contributed by atoms with Crippen molar-refractivity contribution in [3.63, 3.8) is 0 Å². The Morgan fingerprint density at radius 1 is 1.18 bits per heavy atom. The summed E-state index contributed by atoms with van der Waals surface area (Å²) in [6.45, 7) is 9.70. The van der Waals surface area contributed by atoms with Crippen LogP contribution < -0.4 is 15.4 Å². The number of nitrogens with one attached hydrogen (secondary N) is 2. The Balaban J connectivity index is 2.08. The molecule has 2 rings (SSSR count). The number of hydrogen-bond acceptors (Lipinski definition) is 5. The maximum atomic E-state index is 14.0. The van der Waals surface area contributed by atoms with Crippen LogP contribution in [0.15, 0.2) is 81.2 Å². The second kappa shape index (κ2) is 12.0. The molecule has 2 aromatic carbocycles. The van der Waals surface area contributed by atoms with Gasteiger partial charge in [0.05, 0.1) is 16.4 Å². The average molecular weight is 474 g/mol. The molecule has 2 amide bonds. The number of anilines is 1. The van der Waals surface area contributed by atoms with Gasteiger partial charge in [-0.05, 0) is 62.0 Å². The lowest BCUT2D eigenvalue weighted by molar-refractivity contribution is 0.253. The fraction of sp³-hybridized carbons (Fsp3) is 0.250. The molecule has 0 bridgehead atoms. The summed E-state index contributed by atoms with van der Waals surface area (Å²) in [5.74, 6) is -0.347. The number of benzene rings is 2. The summed E-state index contributed by atoms with van der Waals surface area (Å²) in [7, 11) is -3.97. The van der Waals surface area contributed by atoms with Crippen molar-refractivity contribution in [3.05, 3.63) is 72.2 Å². The summed E-state index contributed by atoms with van der Waals surface area (Å²) in [6.07, 6.45) is 5.03. The Kier molecular flexibility index (Phi) is 9.35. The highest BCUT2D eigenvalue weighted by molar-refractivity contribution is 7.91. The Morgan fingerprint density at radius 2 is 1.88 bits per heavy atom. The predicted octanol–water partition coefficient (Wildman–Crippen LogP) is 4.98. The number of nitrogens with zero attached hydrogens (tertiary/aromatic N) is 1. The van der Waals surface area contributed by atoms with Crippen LogP contribution in [0.25, 0.3) is 0 Å². The van der Waals surface area contributed by atoms with Crippen LogP contribution in [0.1, 0.15) is 20.8 Å². The number of allylic oxidation sites excluding steroid dienone is 2. The Labute approximate surface area is 194 Å². The Hall–Kier alpha value is -3.46. The van der Waals surface area contributed by atoms with E-state index in [1.54, 1.807) is 12.2 Å². The highest BCUT2D eigenvalue weighted by Crippen LogP contribution is 2.27. The van der Waals surface area contributed by atoms with Gasteiger partial charge in [-0.25, -0.2) is 17.6 Å². The van der Waals surface area contributed by atoms with Gasteiger partial charge >= 0.3 is 6.03 Å². The Morgan fingerprint density at radius 3 is 2.52 bits per heavy atom. The third-order valence-electron chi connectivity index (χ3n) is 4.26. The van der Waals surface area contributed by atoms with E-state index in [1.165, 1.54) is 36.5 Å². The molecule has 0 fully saturated rings. The van der Waals surface area contributed by atoms with Crippen LogP contribution in [0.4, 0.5) is 14.9 Å². The van der Waals surface area contributed by atoms with Gasteiger partial charge in [0.25, 0.3) is 0 Å². The van der Waals surface area contributed by atoms with Gasteiger partial charge in [-0.15, -0.1) is 0 Å². The summed E-state index contributed by atoms with van der Waals surface area (Å²) in [5.41, 5.74) is 1.31. The molecule has 0 saturated heterocycles. The minimum Gasteiger partial charge on any atom is -0.493 e. The van der Waals surface area contributed by atoms with Gasteiger partial charge in [-0.1, -0.05) is 25.5 Å². The first-order valence-corrected chi connectivity index (χ1v) is 11.7. The van der Waals surface area contributed by atoms with Crippen molar-refractivity contribution in [2.24, 2.45) is 10.9 Å². The lowest BCUT2D eigenvalue weighted by atomic mass is 10.2. The number of aliphatic imine (C=N–C) groups is 1. The summed E-state index contributed by atoms with van der Waals surface area (Å²) in [6, 6.07) is 8.58. The van der Waals surface area contributed by atoms with Gasteiger partial charge < -0.3 is 15.4 Å². The number of ether oxygens (including phenoxy) is 1. The number of carbonyl (C=O) groups is 1. The number of rotatable bonds is 10. The van der Waals surface area contributed by atoms with Crippen LogP contribution in [0.5, 0.6) is 5.75 Å². The molecule has 0 aliphatic carbocycles. The topological polar surface area (TPSA) is 96.9 Å². The van der Waals surface area contributed by atoms with E-state index >= 15 is 0 Å². The summed E-state index contributed by atoms with van der Waals surface area (Å²) < 4.78 is 45.4. The van der Waals surface area contributed by atoms with Crippen LogP contribution in [-0.4, -0.2) is 34.3 Å². The predicted molar refractivity (Wildman–Crippen MR) is 128 cm³/mol. The van der Waals surface area contributed by atoms with Crippen molar-refractivity contribution < 1.29 is 22.3 Å². The van der Waals surface area contributed by atoms with Gasteiger partial charge in [0.15, 0.2) is 0 Å². The summed E-state index contributed by atoms with van der Waals surface area (Å²) in [5, 5.41) is 5.32. The minimum atomic E-state index is -3.97. The largest absolute Gasteiger partial charge is 0.493 e. The molecule has 2 aromatic rings. The maximum absolute atomic E-state index is 14.0. The zero-order valence-corrected chi connectivity index (χ0v) is 19.7. The van der Waals surface area contributed by atoms with Gasteiger partial charge in [-0.2, -0.15) is 0 Å². The lowest BCUT2D eigenvalue weighted by Crippen LogP contribution is -2.29. The van der Waals surface area contributed by atoms with Crippen LogP contribution in [-0.2, 0) is 9.84 Å². The van der Waals surface area contributed by atoms with Crippen molar-refractivity contribution >= 4 is 28.3 Å². The van der Waals surface area contributed by atoms with E-state index in [-0.39, 0.29) is 21.5 Å².